The summed E-state index contributed by atoms with van der Waals surface area (Å²) in [5, 5.41) is 27.8. The van der Waals surface area contributed by atoms with Gasteiger partial charge in [0, 0.05) is 42.1 Å². The molecule has 9 nitrogen and oxygen atoms in total. The number of nitriles is 1. The Kier molecular flexibility index (Phi) is 7.48. The quantitative estimate of drug-likeness (QED) is 0.221. The number of hydrogen-bond donors (Lipinski definition) is 4. The highest BCUT2D eigenvalue weighted by molar-refractivity contribution is 6.10. The maximum atomic E-state index is 13.5. The number of halogens is 1. The second-order valence-electron chi connectivity index (χ2n) is 7.54. The highest BCUT2D eigenvalue weighted by Crippen LogP contribution is 2.36. The van der Waals surface area contributed by atoms with E-state index in [0.29, 0.717) is 54.5 Å². The summed E-state index contributed by atoms with van der Waals surface area (Å²) in [6, 6.07) is 8.84. The monoisotopic (exact) mass is 449 g/mol. The molecule has 1 saturated heterocycles. The zero-order chi connectivity index (χ0) is 24.0. The Morgan fingerprint density at radius 3 is 2.64 bits per heavy atom. The fraction of sp³-hybridized carbons (Fsp3) is 0.261. The molecule has 33 heavy (non-hydrogen) atoms. The summed E-state index contributed by atoms with van der Waals surface area (Å²) in [7, 11) is 3.58. The largest absolute Gasteiger partial charge is 0.364 e. The highest BCUT2D eigenvalue weighted by Gasteiger charge is 2.26. The first-order valence-corrected chi connectivity index (χ1v) is 10.5. The number of nitrogens with zero attached hydrogens (tertiary/aromatic N) is 5. The number of pyridine rings is 1. The van der Waals surface area contributed by atoms with Crippen molar-refractivity contribution in [1.82, 2.24) is 9.88 Å². The fourth-order valence-electron chi connectivity index (χ4n) is 3.76. The molecular weight excluding hydrogens is 421 g/mol. The molecule has 2 heterocycles. The topological polar surface area (TPSA) is 136 Å². The van der Waals surface area contributed by atoms with Crippen LogP contribution in [0.2, 0.25) is 0 Å². The molecule has 0 aliphatic carbocycles. The van der Waals surface area contributed by atoms with Gasteiger partial charge in [0.15, 0.2) is 0 Å². The standard InChI is InChI=1S/C23H26FN9/c1-29-8-7-20(27)18-5-4-17(16-3-6-21(24)30-14-16)22(19(18)13-25)32-9-11-33(12-10-32)23(28)31(2)15-26/h3-8,14-15,26,28H,9-12H2,1-2H3,(H2,27,29)/p+2. The van der Waals surface area contributed by atoms with Crippen LogP contribution in [0.1, 0.15) is 11.1 Å². The second kappa shape index (κ2) is 10.5. The van der Waals surface area contributed by atoms with E-state index in [9.17, 15) is 9.65 Å². The van der Waals surface area contributed by atoms with Crippen LogP contribution in [0.4, 0.5) is 10.1 Å². The molecule has 0 atom stereocenters. The number of aromatic nitrogens is 1. The molecule has 0 saturated carbocycles. The Hall–Kier alpha value is -4.10. The van der Waals surface area contributed by atoms with Crippen molar-refractivity contribution in [3.63, 3.8) is 0 Å². The number of benzene rings is 1. The van der Waals surface area contributed by atoms with Crippen molar-refractivity contribution in [2.45, 2.75) is 0 Å². The van der Waals surface area contributed by atoms with Gasteiger partial charge in [0.05, 0.1) is 50.3 Å². The van der Waals surface area contributed by atoms with E-state index in [1.165, 1.54) is 12.3 Å². The number of hydrogen-bond acceptors (Lipinski definition) is 5. The minimum Gasteiger partial charge on any atom is -0.364 e. The maximum absolute atomic E-state index is 13.5. The van der Waals surface area contributed by atoms with Crippen LogP contribution in [0, 0.1) is 28.1 Å². The third kappa shape index (κ3) is 5.05. The van der Waals surface area contributed by atoms with E-state index in [0.717, 1.165) is 11.9 Å². The number of nitrogens with two attached hydrogens (primary N) is 2. The molecule has 1 fully saturated rings. The summed E-state index contributed by atoms with van der Waals surface area (Å²) in [6.45, 7) is 2.36. The van der Waals surface area contributed by atoms with E-state index in [4.69, 9.17) is 16.6 Å². The first kappa shape index (κ1) is 23.6. The van der Waals surface area contributed by atoms with Crippen LogP contribution in [-0.4, -0.2) is 72.7 Å². The molecule has 0 spiro atoms. The van der Waals surface area contributed by atoms with E-state index in [-0.39, 0.29) is 5.71 Å². The van der Waals surface area contributed by atoms with Crippen molar-refractivity contribution < 1.29 is 14.3 Å². The predicted octanol–water partition coefficient (Wildman–Crippen LogP) is 0.520. The summed E-state index contributed by atoms with van der Waals surface area (Å²) in [5.74, 6) is -0.0836. The van der Waals surface area contributed by atoms with Crippen LogP contribution >= 0.6 is 0 Å². The Labute approximate surface area is 192 Å². The molecule has 10 heteroatoms. The van der Waals surface area contributed by atoms with Gasteiger partial charge in [-0.2, -0.15) is 9.65 Å². The number of allylic oxidation sites excluding steroid dienone is 1. The van der Waals surface area contributed by atoms with Gasteiger partial charge in [0.1, 0.15) is 12.4 Å². The van der Waals surface area contributed by atoms with Crippen molar-refractivity contribution in [3.8, 4) is 17.2 Å². The van der Waals surface area contributed by atoms with Gasteiger partial charge in [0.2, 0.25) is 5.95 Å². The summed E-state index contributed by atoms with van der Waals surface area (Å²) >= 11 is 0. The van der Waals surface area contributed by atoms with Gasteiger partial charge in [-0.1, -0.05) is 12.1 Å². The van der Waals surface area contributed by atoms with Crippen molar-refractivity contribution >= 4 is 23.7 Å². The molecule has 3 rings (SSSR count). The molecule has 0 bridgehead atoms. The van der Waals surface area contributed by atoms with Crippen LogP contribution in [0.25, 0.3) is 11.1 Å². The summed E-state index contributed by atoms with van der Waals surface area (Å²) in [4.78, 5) is 7.42. The molecule has 2 aromatic rings. The molecule has 1 aromatic carbocycles. The number of anilines is 1. The molecular formula is C23H28FN9+2. The van der Waals surface area contributed by atoms with Gasteiger partial charge in [-0.25, -0.2) is 9.88 Å². The molecule has 0 unspecified atom stereocenters. The van der Waals surface area contributed by atoms with E-state index >= 15 is 0 Å². The van der Waals surface area contributed by atoms with Crippen LogP contribution in [-0.2, 0) is 0 Å². The lowest BCUT2D eigenvalue weighted by atomic mass is 9.93. The van der Waals surface area contributed by atoms with E-state index in [1.807, 2.05) is 23.0 Å². The molecule has 6 N–H and O–H groups in total. The average Bonchev–Trinajstić information content (AvgIpc) is 2.86. The van der Waals surface area contributed by atoms with Gasteiger partial charge < -0.3 is 15.6 Å². The lowest BCUT2D eigenvalue weighted by Crippen LogP contribution is -2.72. The third-order valence-electron chi connectivity index (χ3n) is 5.55. The van der Waals surface area contributed by atoms with Gasteiger partial charge in [-0.3, -0.25) is 15.7 Å². The normalized spacial score (nSPS) is 13.6. The van der Waals surface area contributed by atoms with Crippen molar-refractivity contribution in [3.05, 3.63) is 59.8 Å². The summed E-state index contributed by atoms with van der Waals surface area (Å²) in [6.07, 6.45) is 6.02. The van der Waals surface area contributed by atoms with Gasteiger partial charge in [-0.05, 0) is 12.1 Å². The minimum absolute atomic E-state index is 0.235. The predicted molar refractivity (Wildman–Crippen MR) is 126 cm³/mol. The molecule has 0 amide bonds. The maximum Gasteiger partial charge on any atom is 0.351 e. The van der Waals surface area contributed by atoms with Crippen LogP contribution in [0.3, 0.4) is 0 Å². The lowest BCUT2D eigenvalue weighted by Gasteiger charge is -2.33. The minimum atomic E-state index is -0.574. The Bertz CT molecular complexity index is 1140. The average molecular weight is 450 g/mol. The fourth-order valence-corrected chi connectivity index (χ4v) is 3.76. The van der Waals surface area contributed by atoms with Gasteiger partial charge >= 0.3 is 5.96 Å². The van der Waals surface area contributed by atoms with E-state index in [1.54, 1.807) is 36.4 Å². The first-order valence-electron chi connectivity index (χ1n) is 10.5. The van der Waals surface area contributed by atoms with Crippen molar-refractivity contribution in [2.24, 2.45) is 5.73 Å². The van der Waals surface area contributed by atoms with Gasteiger partial charge in [-0.15, -0.1) is 0 Å². The number of guanidine groups is 1. The van der Waals surface area contributed by atoms with Crippen LogP contribution in [0.5, 0.6) is 0 Å². The lowest BCUT2D eigenvalue weighted by molar-refractivity contribution is -0.556. The summed E-state index contributed by atoms with van der Waals surface area (Å²) < 4.78 is 15.4. The van der Waals surface area contributed by atoms with E-state index in [2.05, 4.69) is 16.0 Å². The Balaban J connectivity index is 2.10. The molecule has 170 valence electrons. The van der Waals surface area contributed by atoms with Crippen molar-refractivity contribution in [1.29, 1.82) is 16.1 Å². The Morgan fingerprint density at radius 1 is 1.33 bits per heavy atom. The first-order chi connectivity index (χ1) is 15.9. The van der Waals surface area contributed by atoms with Crippen LogP contribution < -0.4 is 16.0 Å². The van der Waals surface area contributed by atoms with E-state index < -0.39 is 5.95 Å². The number of piperazine rings is 1. The smallest absolute Gasteiger partial charge is 0.351 e. The third-order valence-corrected chi connectivity index (χ3v) is 5.55. The van der Waals surface area contributed by atoms with Gasteiger partial charge in [0.25, 0.3) is 0 Å². The SMILES string of the molecule is C[NH2+]/C=C\C(=N)c1ccc(-c2ccc(F)nc2)c(N2CC[N+](=C(N)N(C)C=N)CC2)c1C#N. The van der Waals surface area contributed by atoms with Crippen LogP contribution in [0.15, 0.2) is 42.7 Å². The number of rotatable bonds is 6. The number of nitrogens with one attached hydrogen (secondary N) is 2. The molecule has 1 aromatic heterocycles. The molecule has 1 aliphatic rings. The number of quaternary nitrogens is 1. The molecule has 1 aliphatic heterocycles. The zero-order valence-corrected chi connectivity index (χ0v) is 18.7. The van der Waals surface area contributed by atoms with Crippen molar-refractivity contribution in [2.75, 3.05) is 45.2 Å². The Morgan fingerprint density at radius 2 is 2.06 bits per heavy atom. The second-order valence-corrected chi connectivity index (χ2v) is 7.54. The highest BCUT2D eigenvalue weighted by atomic mass is 19.1. The zero-order valence-electron chi connectivity index (χ0n) is 18.7. The summed E-state index contributed by atoms with van der Waals surface area (Å²) in [5.41, 5.74) is 9.45. The molecule has 0 radical (unpaired) electrons.